The highest BCUT2D eigenvalue weighted by atomic mass is 31.2. The Labute approximate surface area is 264 Å². The van der Waals surface area contributed by atoms with Crippen LogP contribution in [0, 0.1) is 0 Å². The van der Waals surface area contributed by atoms with Crippen molar-refractivity contribution in [1.29, 1.82) is 0 Å². The first-order chi connectivity index (χ1) is 20.5. The molecule has 0 heterocycles. The standard InChI is InChI=1S/C33H66NO8P/c1-6-8-10-12-14-15-16-17-18-20-21-23-25-32(35)39-29-31(30-41-43(37,38)40-28-27-34(3,4)5)42-33(36)26-24-22-19-13-11-9-7-2/h31H,6-30H2,1-5H3/p+1/t31-/m1/s1. The van der Waals surface area contributed by atoms with Crippen LogP contribution in [-0.2, 0) is 32.7 Å². The number of hydrogen-bond donors (Lipinski definition) is 1. The van der Waals surface area contributed by atoms with Crippen LogP contribution in [0.4, 0.5) is 0 Å². The molecule has 10 heteroatoms. The van der Waals surface area contributed by atoms with Gasteiger partial charge in [0.25, 0.3) is 0 Å². The van der Waals surface area contributed by atoms with Gasteiger partial charge < -0.3 is 18.9 Å². The zero-order valence-corrected chi connectivity index (χ0v) is 29.3. The van der Waals surface area contributed by atoms with Gasteiger partial charge >= 0.3 is 19.8 Å². The normalized spacial score (nSPS) is 13.9. The fourth-order valence-corrected chi connectivity index (χ4v) is 5.34. The quantitative estimate of drug-likeness (QED) is 0.0349. The molecule has 0 fully saturated rings. The molecule has 0 spiro atoms. The molecule has 9 nitrogen and oxygen atoms in total. The van der Waals surface area contributed by atoms with Gasteiger partial charge in [-0.05, 0) is 12.8 Å². The molecule has 0 aromatic rings. The number of rotatable bonds is 31. The van der Waals surface area contributed by atoms with Gasteiger partial charge in [-0.25, -0.2) is 4.57 Å². The van der Waals surface area contributed by atoms with Crippen molar-refractivity contribution in [3.05, 3.63) is 0 Å². The molecular weight excluding hydrogens is 569 g/mol. The van der Waals surface area contributed by atoms with Gasteiger partial charge in [-0.2, -0.15) is 0 Å². The summed E-state index contributed by atoms with van der Waals surface area (Å²) >= 11 is 0. The molecule has 0 radical (unpaired) electrons. The Bertz CT molecular complexity index is 728. The predicted molar refractivity (Wildman–Crippen MR) is 174 cm³/mol. The minimum atomic E-state index is -4.35. The van der Waals surface area contributed by atoms with E-state index in [4.69, 9.17) is 18.5 Å². The van der Waals surface area contributed by atoms with Crippen molar-refractivity contribution in [3.8, 4) is 0 Å². The van der Waals surface area contributed by atoms with Crippen LogP contribution in [0.2, 0.25) is 0 Å². The van der Waals surface area contributed by atoms with Gasteiger partial charge in [0.2, 0.25) is 0 Å². The van der Waals surface area contributed by atoms with E-state index in [2.05, 4.69) is 13.8 Å². The fourth-order valence-electron chi connectivity index (χ4n) is 4.60. The molecule has 0 aliphatic carbocycles. The molecule has 0 bridgehead atoms. The first kappa shape index (κ1) is 42.0. The largest absolute Gasteiger partial charge is 0.472 e. The van der Waals surface area contributed by atoms with Gasteiger partial charge in [0.1, 0.15) is 19.8 Å². The molecule has 256 valence electrons. The minimum Gasteiger partial charge on any atom is -0.462 e. The van der Waals surface area contributed by atoms with E-state index in [1.165, 1.54) is 77.0 Å². The van der Waals surface area contributed by atoms with Crippen molar-refractivity contribution in [2.24, 2.45) is 0 Å². The third kappa shape index (κ3) is 30.8. The van der Waals surface area contributed by atoms with Gasteiger partial charge in [-0.1, -0.05) is 123 Å². The predicted octanol–water partition coefficient (Wildman–Crippen LogP) is 8.51. The van der Waals surface area contributed by atoms with E-state index in [1.807, 2.05) is 21.1 Å². The number of nitrogens with zero attached hydrogens (tertiary/aromatic N) is 1. The summed E-state index contributed by atoms with van der Waals surface area (Å²) in [6.07, 6.45) is 21.7. The number of phosphoric acid groups is 1. The maximum Gasteiger partial charge on any atom is 0.472 e. The summed E-state index contributed by atoms with van der Waals surface area (Å²) < 4.78 is 33.9. The van der Waals surface area contributed by atoms with Crippen LogP contribution in [0.1, 0.15) is 149 Å². The van der Waals surface area contributed by atoms with Gasteiger partial charge in [0.05, 0.1) is 27.7 Å². The molecule has 1 unspecified atom stereocenters. The van der Waals surface area contributed by atoms with E-state index in [0.29, 0.717) is 23.9 Å². The molecule has 0 aromatic carbocycles. The highest BCUT2D eigenvalue weighted by Crippen LogP contribution is 2.43. The number of unbranched alkanes of at least 4 members (excludes halogenated alkanes) is 17. The Morgan fingerprint density at radius 2 is 1.05 bits per heavy atom. The van der Waals surface area contributed by atoms with E-state index in [0.717, 1.165) is 38.5 Å². The number of phosphoric ester groups is 1. The minimum absolute atomic E-state index is 0.0357. The Morgan fingerprint density at radius 1 is 0.628 bits per heavy atom. The SMILES string of the molecule is CCCCCCCCCCCCCCC(=O)OC[C@H](COP(=O)(O)OCC[N+](C)(C)C)OC(=O)CCCCCCCCC. The first-order valence-electron chi connectivity index (χ1n) is 17.3. The van der Waals surface area contributed by atoms with Crippen LogP contribution >= 0.6 is 7.82 Å². The molecule has 1 N–H and O–H groups in total. The molecular formula is C33H67NO8P+. The van der Waals surface area contributed by atoms with Crippen molar-refractivity contribution in [3.63, 3.8) is 0 Å². The number of esters is 2. The number of hydrogen-bond acceptors (Lipinski definition) is 7. The lowest BCUT2D eigenvalue weighted by Crippen LogP contribution is -2.37. The summed E-state index contributed by atoms with van der Waals surface area (Å²) in [6, 6.07) is 0. The molecule has 0 amide bonds. The second kappa shape index (κ2) is 27.3. The number of likely N-dealkylation sites (N-methyl/N-ethyl adjacent to an activating group) is 1. The van der Waals surface area contributed by atoms with Crippen LogP contribution in [0.5, 0.6) is 0 Å². The molecule has 0 saturated carbocycles. The lowest BCUT2D eigenvalue weighted by Gasteiger charge is -2.24. The molecule has 0 aliphatic rings. The Kier molecular flexibility index (Phi) is 26.7. The Morgan fingerprint density at radius 3 is 1.49 bits per heavy atom. The van der Waals surface area contributed by atoms with Crippen LogP contribution in [0.15, 0.2) is 0 Å². The maximum absolute atomic E-state index is 12.5. The van der Waals surface area contributed by atoms with Gasteiger partial charge in [-0.3, -0.25) is 18.6 Å². The number of ether oxygens (including phenoxy) is 2. The lowest BCUT2D eigenvalue weighted by atomic mass is 10.0. The summed E-state index contributed by atoms with van der Waals surface area (Å²) in [6.45, 7) is 4.35. The molecule has 2 atom stereocenters. The van der Waals surface area contributed by atoms with Crippen molar-refractivity contribution >= 4 is 19.8 Å². The van der Waals surface area contributed by atoms with Crippen molar-refractivity contribution in [2.45, 2.75) is 155 Å². The zero-order chi connectivity index (χ0) is 32.2. The van der Waals surface area contributed by atoms with Crippen molar-refractivity contribution < 1.29 is 42.1 Å². The third-order valence-corrected chi connectivity index (χ3v) is 8.37. The number of quaternary nitrogens is 1. The molecule has 0 aromatic heterocycles. The van der Waals surface area contributed by atoms with E-state index in [-0.39, 0.29) is 25.6 Å². The van der Waals surface area contributed by atoms with Crippen LogP contribution < -0.4 is 0 Å². The highest BCUT2D eigenvalue weighted by Gasteiger charge is 2.27. The Hall–Kier alpha value is -0.990. The lowest BCUT2D eigenvalue weighted by molar-refractivity contribution is -0.870. The number of carbonyl (C=O) groups excluding carboxylic acids is 2. The van der Waals surface area contributed by atoms with Crippen molar-refractivity contribution in [1.82, 2.24) is 0 Å². The van der Waals surface area contributed by atoms with E-state index < -0.39 is 26.5 Å². The van der Waals surface area contributed by atoms with Gasteiger partial charge in [0, 0.05) is 12.8 Å². The summed E-state index contributed by atoms with van der Waals surface area (Å²) in [5.41, 5.74) is 0. The van der Waals surface area contributed by atoms with Crippen LogP contribution in [-0.4, -0.2) is 74.9 Å². The number of carbonyl (C=O) groups is 2. The summed E-state index contributed by atoms with van der Waals surface area (Å²) in [5.74, 6) is -0.801. The summed E-state index contributed by atoms with van der Waals surface area (Å²) in [5, 5.41) is 0. The van der Waals surface area contributed by atoms with Crippen LogP contribution in [0.25, 0.3) is 0 Å². The van der Waals surface area contributed by atoms with E-state index in [1.54, 1.807) is 0 Å². The van der Waals surface area contributed by atoms with Crippen LogP contribution in [0.3, 0.4) is 0 Å². The smallest absolute Gasteiger partial charge is 0.462 e. The molecule has 0 saturated heterocycles. The van der Waals surface area contributed by atoms with E-state index in [9.17, 15) is 19.0 Å². The molecule has 43 heavy (non-hydrogen) atoms. The van der Waals surface area contributed by atoms with Gasteiger partial charge in [-0.15, -0.1) is 0 Å². The van der Waals surface area contributed by atoms with Gasteiger partial charge in [0.15, 0.2) is 6.10 Å². The second-order valence-corrected chi connectivity index (χ2v) is 14.4. The zero-order valence-electron chi connectivity index (χ0n) is 28.5. The first-order valence-corrected chi connectivity index (χ1v) is 18.8. The van der Waals surface area contributed by atoms with Crippen molar-refractivity contribution in [2.75, 3.05) is 47.5 Å². The highest BCUT2D eigenvalue weighted by molar-refractivity contribution is 7.47. The fraction of sp³-hybridized carbons (Fsp3) is 0.939. The average molecular weight is 637 g/mol. The molecule has 0 rings (SSSR count). The topological polar surface area (TPSA) is 108 Å². The summed E-state index contributed by atoms with van der Waals surface area (Å²) in [4.78, 5) is 34.9. The monoisotopic (exact) mass is 636 g/mol. The maximum atomic E-state index is 12.5. The average Bonchev–Trinajstić information content (AvgIpc) is 2.93. The third-order valence-electron chi connectivity index (χ3n) is 7.39. The second-order valence-electron chi connectivity index (χ2n) is 12.9. The molecule has 0 aliphatic heterocycles. The van der Waals surface area contributed by atoms with E-state index >= 15 is 0 Å². The summed E-state index contributed by atoms with van der Waals surface area (Å²) in [7, 11) is 1.48. The Balaban J connectivity index is 4.42.